The van der Waals surface area contributed by atoms with Gasteiger partial charge in [-0.25, -0.2) is 0 Å². The molecule has 3 aromatic carbocycles. The molecular formula is C28H29NSSi. The van der Waals surface area contributed by atoms with Crippen molar-refractivity contribution in [3.8, 4) is 11.3 Å². The van der Waals surface area contributed by atoms with E-state index in [1.165, 1.54) is 31.8 Å². The molecule has 0 aliphatic rings. The molecule has 0 atom stereocenters. The summed E-state index contributed by atoms with van der Waals surface area (Å²) in [6.45, 7) is 13.8. The molecule has 0 N–H and O–H groups in total. The van der Waals surface area contributed by atoms with Gasteiger partial charge in [-0.15, -0.1) is 11.3 Å². The third kappa shape index (κ3) is 3.31. The topological polar surface area (TPSA) is 12.9 Å². The van der Waals surface area contributed by atoms with E-state index < -0.39 is 8.07 Å². The zero-order chi connectivity index (χ0) is 23.7. The second kappa shape index (κ2) is 7.28. The number of aromatic nitrogens is 1. The summed E-state index contributed by atoms with van der Waals surface area (Å²) in [7, 11) is -1.49. The first-order valence-electron chi connectivity index (χ1n) is 11.9. The zero-order valence-electron chi connectivity index (χ0n) is 21.1. The van der Waals surface area contributed by atoms with E-state index in [1.807, 2.05) is 0 Å². The van der Waals surface area contributed by atoms with Crippen molar-refractivity contribution in [3.05, 3.63) is 71.9 Å². The van der Waals surface area contributed by atoms with Crippen molar-refractivity contribution in [1.82, 2.24) is 4.98 Å². The normalized spacial score (nSPS) is 13.4. The van der Waals surface area contributed by atoms with Crippen LogP contribution in [0, 0.1) is 6.92 Å². The summed E-state index contributed by atoms with van der Waals surface area (Å²) in [6.07, 6.45) is 0.0448. The van der Waals surface area contributed by atoms with Crippen LogP contribution in [-0.4, -0.2) is 13.1 Å². The highest BCUT2D eigenvalue weighted by atomic mass is 32.1. The van der Waals surface area contributed by atoms with E-state index in [-0.39, 0.29) is 12.2 Å². The molecule has 3 heteroatoms. The van der Waals surface area contributed by atoms with Crippen molar-refractivity contribution in [2.24, 2.45) is 0 Å². The molecule has 0 amide bonds. The summed E-state index contributed by atoms with van der Waals surface area (Å²) in [5.41, 5.74) is 4.48. The molecule has 0 aliphatic heterocycles. The van der Waals surface area contributed by atoms with Gasteiger partial charge in [-0.1, -0.05) is 75.1 Å². The summed E-state index contributed by atoms with van der Waals surface area (Å²) in [4.78, 5) is 4.67. The molecule has 156 valence electrons. The molecule has 2 heterocycles. The van der Waals surface area contributed by atoms with Crippen molar-refractivity contribution >= 4 is 55.5 Å². The van der Waals surface area contributed by atoms with Crippen LogP contribution in [0.1, 0.15) is 33.6 Å². The van der Waals surface area contributed by atoms with Crippen molar-refractivity contribution < 1.29 is 2.74 Å². The predicted octanol–water partition coefficient (Wildman–Crippen LogP) is 8.25. The minimum atomic E-state index is -1.49. The Labute approximate surface area is 192 Å². The Kier molecular flexibility index (Phi) is 4.26. The van der Waals surface area contributed by atoms with E-state index in [0.717, 1.165) is 26.7 Å². The van der Waals surface area contributed by atoms with E-state index in [4.69, 9.17) is 2.74 Å². The van der Waals surface area contributed by atoms with Crippen LogP contribution < -0.4 is 5.19 Å². The van der Waals surface area contributed by atoms with Crippen molar-refractivity contribution in [2.75, 3.05) is 0 Å². The molecule has 0 saturated carbocycles. The lowest BCUT2D eigenvalue weighted by molar-refractivity contribution is 0.876. The quantitative estimate of drug-likeness (QED) is 0.257. The Morgan fingerprint density at radius 3 is 2.45 bits per heavy atom. The Bertz CT molecular complexity index is 1560. The van der Waals surface area contributed by atoms with E-state index in [1.54, 1.807) is 11.3 Å². The second-order valence-corrected chi connectivity index (χ2v) is 15.9. The minimum absolute atomic E-state index is 0.0448. The standard InChI is InChI=1S/C28H29NSSi/c1-17(2)24-16-20(15-19-9-7-8-10-21(19)24)26-28-23(13-14-29-26)22-11-12-25(31(4,5)6)18(3)27(22)30-28/h7-17H,1-6H3/i13D,14D. The van der Waals surface area contributed by atoms with E-state index in [0.29, 0.717) is 5.92 Å². The lowest BCUT2D eigenvalue weighted by Gasteiger charge is -2.19. The number of hydrogen-bond donors (Lipinski definition) is 0. The molecule has 0 unspecified atom stereocenters. The van der Waals surface area contributed by atoms with Crippen molar-refractivity contribution in [3.63, 3.8) is 0 Å². The molecule has 2 aromatic heterocycles. The molecule has 0 spiro atoms. The molecule has 0 fully saturated rings. The maximum atomic E-state index is 8.70. The molecule has 5 aromatic rings. The Morgan fingerprint density at radius 1 is 0.935 bits per heavy atom. The van der Waals surface area contributed by atoms with E-state index in [2.05, 4.69) is 93.9 Å². The van der Waals surface area contributed by atoms with Gasteiger partial charge in [-0.2, -0.15) is 0 Å². The number of fused-ring (bicyclic) bond motifs is 4. The van der Waals surface area contributed by atoms with Gasteiger partial charge in [0.1, 0.15) is 0 Å². The molecule has 0 radical (unpaired) electrons. The fourth-order valence-electron chi connectivity index (χ4n) is 4.74. The molecule has 0 saturated heterocycles. The maximum absolute atomic E-state index is 8.70. The molecule has 31 heavy (non-hydrogen) atoms. The van der Waals surface area contributed by atoms with Crippen molar-refractivity contribution in [2.45, 2.75) is 46.3 Å². The first-order valence-corrected chi connectivity index (χ1v) is 15.3. The monoisotopic (exact) mass is 441 g/mol. The average Bonchev–Trinajstić information content (AvgIpc) is 3.15. The summed E-state index contributed by atoms with van der Waals surface area (Å²) in [6, 6.07) is 17.6. The van der Waals surface area contributed by atoms with Crippen LogP contribution in [0.5, 0.6) is 0 Å². The van der Waals surface area contributed by atoms with Crippen LogP contribution in [0.4, 0.5) is 0 Å². The number of benzene rings is 3. The van der Waals surface area contributed by atoms with Gasteiger partial charge in [0.15, 0.2) is 0 Å². The predicted molar refractivity (Wildman–Crippen MR) is 142 cm³/mol. The number of aryl methyl sites for hydroxylation is 1. The van der Waals surface area contributed by atoms with Crippen LogP contribution in [0.15, 0.2) is 60.7 Å². The van der Waals surface area contributed by atoms with Crippen molar-refractivity contribution in [1.29, 1.82) is 0 Å². The Hall–Kier alpha value is -2.49. The molecule has 1 nitrogen and oxygen atoms in total. The van der Waals surface area contributed by atoms with Gasteiger partial charge in [0.25, 0.3) is 0 Å². The summed E-state index contributed by atoms with van der Waals surface area (Å²) in [5.74, 6) is 0.375. The van der Waals surface area contributed by atoms with Crippen LogP contribution in [0.3, 0.4) is 0 Å². The minimum Gasteiger partial charge on any atom is -0.255 e. The Balaban J connectivity index is 1.89. The lowest BCUT2D eigenvalue weighted by atomic mass is 9.92. The van der Waals surface area contributed by atoms with Crippen LogP contribution >= 0.6 is 11.3 Å². The van der Waals surface area contributed by atoms with Gasteiger partial charge in [-0.05, 0) is 52.9 Å². The largest absolute Gasteiger partial charge is 0.255 e. The Morgan fingerprint density at radius 2 is 1.71 bits per heavy atom. The summed E-state index contributed by atoms with van der Waals surface area (Å²) >= 11 is 1.74. The fourth-order valence-corrected chi connectivity index (χ4v) is 7.93. The number of pyridine rings is 1. The van der Waals surface area contributed by atoms with Gasteiger partial charge in [0.05, 0.1) is 21.2 Å². The third-order valence-electron chi connectivity index (χ3n) is 6.27. The van der Waals surface area contributed by atoms with Crippen LogP contribution in [0.2, 0.25) is 19.6 Å². The maximum Gasteiger partial charge on any atom is 0.0880 e. The summed E-state index contributed by atoms with van der Waals surface area (Å²) in [5, 5.41) is 5.87. The van der Waals surface area contributed by atoms with Gasteiger partial charge in [-0.3, -0.25) is 4.98 Å². The number of nitrogens with zero attached hydrogens (tertiary/aromatic N) is 1. The number of hydrogen-bond acceptors (Lipinski definition) is 2. The number of rotatable bonds is 3. The van der Waals surface area contributed by atoms with Crippen LogP contribution in [-0.2, 0) is 0 Å². The van der Waals surface area contributed by atoms with E-state index >= 15 is 0 Å². The molecular weight excluding hydrogens is 410 g/mol. The summed E-state index contributed by atoms with van der Waals surface area (Å²) < 4.78 is 19.5. The second-order valence-electron chi connectivity index (χ2n) is 9.81. The van der Waals surface area contributed by atoms with Gasteiger partial charge in [0.2, 0.25) is 0 Å². The fraction of sp³-hybridized carbons (Fsp3) is 0.250. The highest BCUT2D eigenvalue weighted by molar-refractivity contribution is 7.26. The zero-order valence-corrected chi connectivity index (χ0v) is 20.9. The van der Waals surface area contributed by atoms with Gasteiger partial charge < -0.3 is 0 Å². The van der Waals surface area contributed by atoms with Gasteiger partial charge >= 0.3 is 0 Å². The molecule has 0 aliphatic carbocycles. The molecule has 5 rings (SSSR count). The smallest absolute Gasteiger partial charge is 0.0880 e. The average molecular weight is 442 g/mol. The SMILES string of the molecule is [2H]c1nc(-c2cc(C(C)C)c3ccccc3c2)c2sc3c(C)c([Si](C)(C)C)ccc3c2c1[2H]. The first-order chi connectivity index (χ1) is 15.6. The highest BCUT2D eigenvalue weighted by Gasteiger charge is 2.22. The van der Waals surface area contributed by atoms with Crippen LogP contribution in [0.25, 0.3) is 42.2 Å². The van der Waals surface area contributed by atoms with E-state index in [9.17, 15) is 0 Å². The highest BCUT2D eigenvalue weighted by Crippen LogP contribution is 2.41. The number of thiophene rings is 1. The third-order valence-corrected chi connectivity index (χ3v) is 9.76. The lowest BCUT2D eigenvalue weighted by Crippen LogP contribution is -2.39. The first kappa shape index (κ1) is 18.1. The molecule has 0 bridgehead atoms. The van der Waals surface area contributed by atoms with Gasteiger partial charge in [0, 0.05) is 27.2 Å².